The van der Waals surface area contributed by atoms with Crippen LogP contribution in [-0.4, -0.2) is 31.4 Å². The van der Waals surface area contributed by atoms with Crippen molar-refractivity contribution in [3.8, 4) is 0 Å². The second-order valence-electron chi connectivity index (χ2n) is 3.97. The molecule has 1 aromatic carbocycles. The fraction of sp³-hybridized carbons (Fsp3) is 0.462. The molecule has 0 aliphatic heterocycles. The minimum Gasteiger partial charge on any atom is -0.363 e. The smallest absolute Gasteiger partial charge is 0.130 e. The van der Waals surface area contributed by atoms with E-state index in [1.165, 1.54) is 11.1 Å². The second-order valence-corrected chi connectivity index (χ2v) is 3.97. The zero-order valence-electron chi connectivity index (χ0n) is 10.1. The van der Waals surface area contributed by atoms with E-state index in [-0.39, 0.29) is 0 Å². The van der Waals surface area contributed by atoms with Gasteiger partial charge in [0, 0.05) is 26.2 Å². The minimum absolute atomic E-state index is 0.890. The van der Waals surface area contributed by atoms with Gasteiger partial charge >= 0.3 is 0 Å². The van der Waals surface area contributed by atoms with E-state index in [2.05, 4.69) is 48.0 Å². The van der Waals surface area contributed by atoms with Gasteiger partial charge in [-0.05, 0) is 13.3 Å². The summed E-state index contributed by atoms with van der Waals surface area (Å²) in [5.74, 6) is 1.07. The first kappa shape index (κ1) is 11.8. The second kappa shape index (κ2) is 5.54. The third kappa shape index (κ3) is 3.39. The van der Waals surface area contributed by atoms with Crippen molar-refractivity contribution in [3.05, 3.63) is 35.4 Å². The van der Waals surface area contributed by atoms with Gasteiger partial charge in [-0.15, -0.1) is 0 Å². The van der Waals surface area contributed by atoms with E-state index >= 15 is 0 Å². The number of rotatable bonds is 3. The molecule has 0 saturated heterocycles. The molecule has 0 radical (unpaired) electrons. The van der Waals surface area contributed by atoms with E-state index in [1.807, 2.05) is 14.1 Å². The zero-order valence-corrected chi connectivity index (χ0v) is 10.1. The maximum Gasteiger partial charge on any atom is 0.130 e. The third-order valence-electron chi connectivity index (χ3n) is 2.22. The molecule has 82 valence electrons. The van der Waals surface area contributed by atoms with Crippen molar-refractivity contribution in [3.63, 3.8) is 0 Å². The van der Waals surface area contributed by atoms with Crippen molar-refractivity contribution in [2.75, 3.05) is 20.6 Å². The lowest BCUT2D eigenvalue weighted by Gasteiger charge is -2.16. The third-order valence-corrected chi connectivity index (χ3v) is 2.22. The van der Waals surface area contributed by atoms with Gasteiger partial charge in [-0.3, -0.25) is 4.99 Å². The summed E-state index contributed by atoms with van der Waals surface area (Å²) in [6.07, 6.45) is 1.09. The molecule has 1 rings (SSSR count). The highest BCUT2D eigenvalue weighted by Gasteiger charge is 2.04. The van der Waals surface area contributed by atoms with Gasteiger partial charge in [-0.1, -0.05) is 36.8 Å². The average Bonchev–Trinajstić information content (AvgIpc) is 2.21. The van der Waals surface area contributed by atoms with Crippen LogP contribution in [0.1, 0.15) is 24.5 Å². The van der Waals surface area contributed by atoms with Crippen LogP contribution in [0.3, 0.4) is 0 Å². The molecule has 15 heavy (non-hydrogen) atoms. The molecule has 0 N–H and O–H groups in total. The lowest BCUT2D eigenvalue weighted by atomic mass is 10.1. The SMILES string of the molecule is CCCN=C(c1ccc(C)cc1)N(C)C. The molecular weight excluding hydrogens is 184 g/mol. The normalized spacial score (nSPS) is 11.6. The number of amidine groups is 1. The van der Waals surface area contributed by atoms with E-state index < -0.39 is 0 Å². The largest absolute Gasteiger partial charge is 0.363 e. The van der Waals surface area contributed by atoms with E-state index in [4.69, 9.17) is 0 Å². The molecule has 0 aliphatic rings. The first-order valence-corrected chi connectivity index (χ1v) is 5.44. The highest BCUT2D eigenvalue weighted by Crippen LogP contribution is 2.06. The topological polar surface area (TPSA) is 15.6 Å². The van der Waals surface area contributed by atoms with Gasteiger partial charge in [0.15, 0.2) is 0 Å². The molecule has 0 atom stereocenters. The van der Waals surface area contributed by atoms with E-state index in [1.54, 1.807) is 0 Å². The molecule has 0 bridgehead atoms. The lowest BCUT2D eigenvalue weighted by Crippen LogP contribution is -2.23. The molecule has 0 unspecified atom stereocenters. The van der Waals surface area contributed by atoms with Crippen LogP contribution >= 0.6 is 0 Å². The van der Waals surface area contributed by atoms with Crippen LogP contribution in [0.15, 0.2) is 29.3 Å². The Morgan fingerprint density at radius 3 is 2.27 bits per heavy atom. The van der Waals surface area contributed by atoms with Gasteiger partial charge < -0.3 is 4.90 Å². The summed E-state index contributed by atoms with van der Waals surface area (Å²) in [5, 5.41) is 0. The van der Waals surface area contributed by atoms with Crippen LogP contribution < -0.4 is 0 Å². The van der Waals surface area contributed by atoms with Crippen molar-refractivity contribution in [2.24, 2.45) is 4.99 Å². The molecule has 0 aromatic heterocycles. The monoisotopic (exact) mass is 204 g/mol. The Bertz CT molecular complexity index is 323. The number of nitrogens with zero attached hydrogens (tertiary/aromatic N) is 2. The molecule has 2 nitrogen and oxygen atoms in total. The van der Waals surface area contributed by atoms with E-state index in [9.17, 15) is 0 Å². The molecule has 0 spiro atoms. The maximum atomic E-state index is 4.58. The Balaban J connectivity index is 2.94. The molecule has 0 fully saturated rings. The van der Waals surface area contributed by atoms with Crippen LogP contribution in [0.2, 0.25) is 0 Å². The summed E-state index contributed by atoms with van der Waals surface area (Å²) in [6, 6.07) is 8.51. The summed E-state index contributed by atoms with van der Waals surface area (Å²) >= 11 is 0. The maximum absolute atomic E-state index is 4.58. The van der Waals surface area contributed by atoms with Crippen LogP contribution in [0.25, 0.3) is 0 Å². The first-order valence-electron chi connectivity index (χ1n) is 5.44. The quantitative estimate of drug-likeness (QED) is 0.546. The van der Waals surface area contributed by atoms with Crippen LogP contribution in [0.5, 0.6) is 0 Å². The Kier molecular flexibility index (Phi) is 4.35. The Morgan fingerprint density at radius 1 is 1.20 bits per heavy atom. The molecule has 0 amide bonds. The number of benzene rings is 1. The highest BCUT2D eigenvalue weighted by atomic mass is 15.1. The van der Waals surface area contributed by atoms with Gasteiger partial charge in [0.1, 0.15) is 5.84 Å². The standard InChI is InChI=1S/C13H20N2/c1-5-10-14-13(15(3)4)12-8-6-11(2)7-9-12/h6-9H,5,10H2,1-4H3. The molecular formula is C13H20N2. The molecule has 0 heterocycles. The molecule has 0 aliphatic carbocycles. The van der Waals surface area contributed by atoms with Crippen LogP contribution in [0.4, 0.5) is 0 Å². The highest BCUT2D eigenvalue weighted by molar-refractivity contribution is 5.98. The van der Waals surface area contributed by atoms with Crippen molar-refractivity contribution >= 4 is 5.84 Å². The Morgan fingerprint density at radius 2 is 1.80 bits per heavy atom. The van der Waals surface area contributed by atoms with E-state index in [0.29, 0.717) is 0 Å². The van der Waals surface area contributed by atoms with Crippen LogP contribution in [0, 0.1) is 6.92 Å². The van der Waals surface area contributed by atoms with Gasteiger partial charge in [-0.2, -0.15) is 0 Å². The van der Waals surface area contributed by atoms with E-state index in [0.717, 1.165) is 18.8 Å². The molecule has 1 aromatic rings. The number of hydrogen-bond acceptors (Lipinski definition) is 1. The van der Waals surface area contributed by atoms with Crippen molar-refractivity contribution < 1.29 is 0 Å². The number of aryl methyl sites for hydroxylation is 1. The predicted octanol–water partition coefficient (Wildman–Crippen LogP) is 2.71. The first-order chi connectivity index (χ1) is 7.15. The summed E-state index contributed by atoms with van der Waals surface area (Å²) < 4.78 is 0. The Hall–Kier alpha value is -1.31. The van der Waals surface area contributed by atoms with Gasteiger partial charge in [0.25, 0.3) is 0 Å². The summed E-state index contributed by atoms with van der Waals surface area (Å²) in [5.41, 5.74) is 2.48. The van der Waals surface area contributed by atoms with Gasteiger partial charge in [-0.25, -0.2) is 0 Å². The number of hydrogen-bond donors (Lipinski definition) is 0. The lowest BCUT2D eigenvalue weighted by molar-refractivity contribution is 0.618. The van der Waals surface area contributed by atoms with Crippen molar-refractivity contribution in [1.29, 1.82) is 0 Å². The molecule has 2 heteroatoms. The fourth-order valence-corrected chi connectivity index (χ4v) is 1.41. The fourth-order valence-electron chi connectivity index (χ4n) is 1.41. The Labute approximate surface area is 92.6 Å². The summed E-state index contributed by atoms with van der Waals surface area (Å²) in [4.78, 5) is 6.65. The summed E-state index contributed by atoms with van der Waals surface area (Å²) in [6.45, 7) is 5.13. The van der Waals surface area contributed by atoms with Gasteiger partial charge in [0.05, 0.1) is 0 Å². The zero-order chi connectivity index (χ0) is 11.3. The molecule has 0 saturated carbocycles. The number of aliphatic imine (C=N–C) groups is 1. The predicted molar refractivity (Wildman–Crippen MR) is 66.6 cm³/mol. The van der Waals surface area contributed by atoms with Gasteiger partial charge in [0.2, 0.25) is 0 Å². The van der Waals surface area contributed by atoms with Crippen molar-refractivity contribution in [2.45, 2.75) is 20.3 Å². The summed E-state index contributed by atoms with van der Waals surface area (Å²) in [7, 11) is 4.07. The average molecular weight is 204 g/mol. The minimum atomic E-state index is 0.890. The van der Waals surface area contributed by atoms with Crippen molar-refractivity contribution in [1.82, 2.24) is 4.90 Å². The van der Waals surface area contributed by atoms with Crippen LogP contribution in [-0.2, 0) is 0 Å².